The Morgan fingerprint density at radius 2 is 2.29 bits per heavy atom. The van der Waals surface area contributed by atoms with E-state index in [2.05, 4.69) is 20.9 Å². The number of carbonyl (C=O) groups excluding carboxylic acids is 1. The number of pyridine rings is 1. The summed E-state index contributed by atoms with van der Waals surface area (Å²) in [5, 5.41) is 0. The van der Waals surface area contributed by atoms with Crippen LogP contribution in [0.3, 0.4) is 0 Å². The highest BCUT2D eigenvalue weighted by molar-refractivity contribution is 9.10. The molecule has 14 heavy (non-hydrogen) atoms. The predicted molar refractivity (Wildman–Crippen MR) is 50.2 cm³/mol. The lowest BCUT2D eigenvalue weighted by Crippen LogP contribution is -2.07. The van der Waals surface area contributed by atoms with Crippen LogP contribution in [0.25, 0.3) is 0 Å². The number of hydrogen-bond donors (Lipinski definition) is 1. The zero-order valence-electron chi connectivity index (χ0n) is 7.01. The Bertz CT molecular complexity index is 357. The molecule has 0 aliphatic carbocycles. The van der Waals surface area contributed by atoms with Crippen molar-refractivity contribution in [2.45, 2.75) is 13.0 Å². The third-order valence-electron chi connectivity index (χ3n) is 1.70. The topological polar surface area (TPSA) is 56.0 Å². The molecular formula is C8H7BrF2N2O. The van der Waals surface area contributed by atoms with Gasteiger partial charge in [-0.15, -0.1) is 0 Å². The maximum atomic E-state index is 12.6. The fourth-order valence-corrected chi connectivity index (χ4v) is 1.62. The Kier molecular flexibility index (Phi) is 3.65. The maximum absolute atomic E-state index is 12.6. The summed E-state index contributed by atoms with van der Waals surface area (Å²) in [4.78, 5) is 14.1. The molecule has 0 fully saturated rings. The molecule has 0 radical (unpaired) electrons. The molecule has 0 bridgehead atoms. The number of carbonyl (C=O) groups is 1. The number of aromatic nitrogens is 1. The Hall–Kier alpha value is -0.880. The third-order valence-corrected chi connectivity index (χ3v) is 2.58. The van der Waals surface area contributed by atoms with Crippen molar-refractivity contribution in [2.75, 3.05) is 0 Å². The number of hydrogen-bond acceptors (Lipinski definition) is 3. The standard InChI is InChI=1S/C8H7BrF2N2O/c9-7-4(3-14)2-13-5(1-12)6(7)8(10)11/h2-3,8H,1,12H2. The van der Waals surface area contributed by atoms with Crippen LogP contribution in [0.2, 0.25) is 0 Å². The number of nitrogens with zero attached hydrogens (tertiary/aromatic N) is 1. The molecule has 1 rings (SSSR count). The van der Waals surface area contributed by atoms with Crippen LogP contribution in [0.1, 0.15) is 28.0 Å². The zero-order chi connectivity index (χ0) is 10.7. The smallest absolute Gasteiger partial charge is 0.266 e. The van der Waals surface area contributed by atoms with Crippen molar-refractivity contribution < 1.29 is 13.6 Å². The van der Waals surface area contributed by atoms with Gasteiger partial charge in [0.05, 0.1) is 11.3 Å². The van der Waals surface area contributed by atoms with Crippen LogP contribution in [-0.2, 0) is 6.54 Å². The van der Waals surface area contributed by atoms with Crippen LogP contribution < -0.4 is 5.73 Å². The van der Waals surface area contributed by atoms with Crippen molar-refractivity contribution >= 4 is 22.2 Å². The van der Waals surface area contributed by atoms with Crippen LogP contribution in [0.5, 0.6) is 0 Å². The molecule has 3 nitrogen and oxygen atoms in total. The minimum absolute atomic E-state index is 0.0675. The van der Waals surface area contributed by atoms with Crippen molar-refractivity contribution in [1.82, 2.24) is 4.98 Å². The molecule has 0 unspecified atom stereocenters. The molecule has 0 aliphatic heterocycles. The molecule has 0 amide bonds. The molecule has 0 aromatic carbocycles. The molecule has 6 heteroatoms. The van der Waals surface area contributed by atoms with Crippen molar-refractivity contribution in [1.29, 1.82) is 0 Å². The van der Waals surface area contributed by atoms with E-state index in [4.69, 9.17) is 5.73 Å². The highest BCUT2D eigenvalue weighted by atomic mass is 79.9. The van der Waals surface area contributed by atoms with Gasteiger partial charge in [-0.1, -0.05) is 0 Å². The lowest BCUT2D eigenvalue weighted by Gasteiger charge is -2.09. The molecule has 0 aliphatic rings. The van der Waals surface area contributed by atoms with Gasteiger partial charge in [0.1, 0.15) is 0 Å². The van der Waals surface area contributed by atoms with Crippen molar-refractivity contribution in [3.8, 4) is 0 Å². The highest BCUT2D eigenvalue weighted by Gasteiger charge is 2.19. The van der Waals surface area contributed by atoms with E-state index in [0.717, 1.165) is 0 Å². The van der Waals surface area contributed by atoms with Crippen molar-refractivity contribution in [2.24, 2.45) is 5.73 Å². The van der Waals surface area contributed by atoms with Crippen LogP contribution >= 0.6 is 15.9 Å². The lowest BCUT2D eigenvalue weighted by molar-refractivity contribution is 0.112. The quantitative estimate of drug-likeness (QED) is 0.851. The molecule has 1 heterocycles. The summed E-state index contributed by atoms with van der Waals surface area (Å²) in [6.45, 7) is -0.0859. The number of nitrogens with two attached hydrogens (primary N) is 1. The first-order chi connectivity index (χ1) is 6.61. The first kappa shape index (κ1) is 11.2. The summed E-state index contributed by atoms with van der Waals surface area (Å²) in [5.41, 5.74) is 5.13. The van der Waals surface area contributed by atoms with E-state index >= 15 is 0 Å². The molecular weight excluding hydrogens is 258 g/mol. The summed E-state index contributed by atoms with van der Waals surface area (Å²) in [7, 11) is 0. The Labute approximate surface area is 87.4 Å². The average Bonchev–Trinajstić information content (AvgIpc) is 2.16. The van der Waals surface area contributed by atoms with Crippen LogP contribution in [-0.4, -0.2) is 11.3 Å². The molecule has 0 saturated heterocycles. The number of rotatable bonds is 3. The molecule has 1 aromatic rings. The molecule has 0 atom stereocenters. The molecule has 1 aromatic heterocycles. The minimum Gasteiger partial charge on any atom is -0.325 e. The largest absolute Gasteiger partial charge is 0.325 e. The van der Waals surface area contributed by atoms with E-state index in [-0.39, 0.29) is 27.8 Å². The molecule has 0 saturated carbocycles. The van der Waals surface area contributed by atoms with E-state index < -0.39 is 6.43 Å². The maximum Gasteiger partial charge on any atom is 0.266 e. The van der Waals surface area contributed by atoms with E-state index in [9.17, 15) is 13.6 Å². The Morgan fingerprint density at radius 3 is 2.71 bits per heavy atom. The number of alkyl halides is 2. The van der Waals surface area contributed by atoms with E-state index in [1.165, 1.54) is 6.20 Å². The Balaban J connectivity index is 3.38. The summed E-state index contributed by atoms with van der Waals surface area (Å²) >= 11 is 2.93. The number of halogens is 3. The SMILES string of the molecule is NCc1ncc(C=O)c(Br)c1C(F)F. The third kappa shape index (κ3) is 1.96. The van der Waals surface area contributed by atoms with Gasteiger partial charge >= 0.3 is 0 Å². The van der Waals surface area contributed by atoms with Gasteiger partial charge in [0.2, 0.25) is 0 Å². The van der Waals surface area contributed by atoms with Crippen LogP contribution in [0.15, 0.2) is 10.7 Å². The first-order valence-corrected chi connectivity index (χ1v) is 4.51. The fourth-order valence-electron chi connectivity index (χ4n) is 1.02. The molecule has 0 spiro atoms. The second-order valence-electron chi connectivity index (χ2n) is 2.51. The van der Waals surface area contributed by atoms with Crippen LogP contribution in [0, 0.1) is 0 Å². The second kappa shape index (κ2) is 4.56. The number of aldehydes is 1. The first-order valence-electron chi connectivity index (χ1n) is 3.72. The summed E-state index contributed by atoms with van der Waals surface area (Å²) in [6.07, 6.45) is -1.02. The summed E-state index contributed by atoms with van der Waals surface area (Å²) in [5.74, 6) is 0. The van der Waals surface area contributed by atoms with Crippen LogP contribution in [0.4, 0.5) is 8.78 Å². The average molecular weight is 265 g/mol. The van der Waals surface area contributed by atoms with Gasteiger partial charge in [-0.3, -0.25) is 9.78 Å². The zero-order valence-corrected chi connectivity index (χ0v) is 8.59. The Morgan fingerprint density at radius 1 is 1.64 bits per heavy atom. The van der Waals surface area contributed by atoms with Gasteiger partial charge in [0.25, 0.3) is 6.43 Å². The highest BCUT2D eigenvalue weighted by Crippen LogP contribution is 2.31. The van der Waals surface area contributed by atoms with Gasteiger partial charge < -0.3 is 5.73 Å². The lowest BCUT2D eigenvalue weighted by atomic mass is 10.1. The van der Waals surface area contributed by atoms with Gasteiger partial charge in [-0.25, -0.2) is 8.78 Å². The van der Waals surface area contributed by atoms with Crippen molar-refractivity contribution in [3.05, 3.63) is 27.5 Å². The van der Waals surface area contributed by atoms with Crippen molar-refractivity contribution in [3.63, 3.8) is 0 Å². The second-order valence-corrected chi connectivity index (χ2v) is 3.30. The molecule has 2 N–H and O–H groups in total. The van der Waals surface area contributed by atoms with E-state index in [1.807, 2.05) is 0 Å². The van der Waals surface area contributed by atoms with E-state index in [1.54, 1.807) is 0 Å². The van der Waals surface area contributed by atoms with E-state index in [0.29, 0.717) is 6.29 Å². The van der Waals surface area contributed by atoms with Gasteiger partial charge in [-0.05, 0) is 15.9 Å². The predicted octanol–water partition coefficient (Wildman–Crippen LogP) is 2.05. The summed E-state index contributed by atoms with van der Waals surface area (Å²) in [6, 6.07) is 0. The van der Waals surface area contributed by atoms with Gasteiger partial charge in [0, 0.05) is 22.8 Å². The van der Waals surface area contributed by atoms with Gasteiger partial charge in [0.15, 0.2) is 6.29 Å². The normalized spacial score (nSPS) is 10.6. The van der Waals surface area contributed by atoms with Gasteiger partial charge in [-0.2, -0.15) is 0 Å². The molecule has 76 valence electrons. The minimum atomic E-state index is -2.70. The fraction of sp³-hybridized carbons (Fsp3) is 0.250. The summed E-state index contributed by atoms with van der Waals surface area (Å²) < 4.78 is 25.2. The monoisotopic (exact) mass is 264 g/mol.